The van der Waals surface area contributed by atoms with E-state index in [9.17, 15) is 14.4 Å². The number of likely N-dealkylation sites (tertiary alicyclic amines) is 1. The van der Waals surface area contributed by atoms with Gasteiger partial charge in [0.05, 0.1) is 6.54 Å². The Morgan fingerprint density at radius 3 is 2.69 bits per heavy atom. The maximum absolute atomic E-state index is 12.4. The molecule has 3 rings (SSSR count). The number of hydrogen-bond donors (Lipinski definition) is 1. The van der Waals surface area contributed by atoms with Gasteiger partial charge in [-0.2, -0.15) is 6.41 Å². The van der Waals surface area contributed by atoms with Gasteiger partial charge in [-0.3, -0.25) is 9.59 Å². The van der Waals surface area contributed by atoms with Gasteiger partial charge in [0, 0.05) is 37.7 Å². The van der Waals surface area contributed by atoms with Crippen molar-refractivity contribution in [2.75, 3.05) is 26.7 Å². The minimum atomic E-state index is -0.00325. The molecule has 1 aliphatic carbocycles. The molecule has 1 unspecified atom stereocenters. The number of amides is 2. The first-order valence-corrected chi connectivity index (χ1v) is 8.63. The summed E-state index contributed by atoms with van der Waals surface area (Å²) >= 11 is 0. The van der Waals surface area contributed by atoms with Crippen molar-refractivity contribution in [2.45, 2.75) is 37.6 Å². The number of carbonyl (C=O) groups excluding carboxylic acids is 3. The predicted molar refractivity (Wildman–Crippen MR) is 93.9 cm³/mol. The van der Waals surface area contributed by atoms with Crippen LogP contribution in [0.2, 0.25) is 0 Å². The number of benzene rings is 1. The van der Waals surface area contributed by atoms with E-state index in [2.05, 4.69) is 0 Å². The molecule has 0 radical (unpaired) electrons. The van der Waals surface area contributed by atoms with Crippen LogP contribution in [0.4, 0.5) is 0 Å². The van der Waals surface area contributed by atoms with Crippen molar-refractivity contribution in [3.8, 4) is 0 Å². The molecule has 2 amide bonds. The molecule has 1 saturated heterocycles. The summed E-state index contributed by atoms with van der Waals surface area (Å²) < 4.78 is 0. The van der Waals surface area contributed by atoms with Gasteiger partial charge >= 0.3 is 0 Å². The summed E-state index contributed by atoms with van der Waals surface area (Å²) in [6, 6.07) is 7.80. The molecule has 0 bridgehead atoms. The Morgan fingerprint density at radius 2 is 2.08 bits per heavy atom. The Hall–Kier alpha value is -3.21. The Labute approximate surface area is 148 Å². The molecular weight excluding hydrogens is 577 g/mol. The topological polar surface area (TPSA) is 77.9 Å². The number of carbonyl (C=O) groups is 2. The third-order valence-corrected chi connectivity index (χ3v) is 4.70. The Bertz CT molecular complexity index is 607. The summed E-state index contributed by atoms with van der Waals surface area (Å²) in [5, 5.41) is 7.00. The number of aliphatic hydroxyl groups excluding tert-OH is 1. The van der Waals surface area contributed by atoms with E-state index in [0.717, 1.165) is 51.2 Å². The maximum atomic E-state index is 12.4. The summed E-state index contributed by atoms with van der Waals surface area (Å²) in [7, 11) is 1.00. The minimum Gasteiger partial charge on any atom is -0.520 e. The van der Waals surface area contributed by atoms with Gasteiger partial charge in [-0.1, -0.05) is 18.2 Å². The van der Waals surface area contributed by atoms with E-state index in [0.29, 0.717) is 12.1 Å². The van der Waals surface area contributed by atoms with E-state index >= 15 is 0 Å². The predicted octanol–water partition coefficient (Wildman–Crippen LogP) is 1.35. The normalized spacial score (nSPS) is 18.7. The standard InChI is InChI=1S/C18H21N2O3.CH4O.Fm/c21-12-14-3-1-4-15(9-14)16-5-2-8-19(10-16)18(23)11-20(13-22)17-6-7-17;1-2;/h1,3-4,9,12,16-17H,2,5-8,10-11H2;2H,1H3;/q-1;;. The zero-order valence-corrected chi connectivity index (χ0v) is 17.3. The van der Waals surface area contributed by atoms with Crippen LogP contribution in [-0.2, 0) is 9.59 Å². The van der Waals surface area contributed by atoms with Crippen molar-refractivity contribution in [1.82, 2.24) is 9.80 Å². The van der Waals surface area contributed by atoms with Gasteiger partial charge < -0.3 is 19.7 Å². The second-order valence-electron chi connectivity index (χ2n) is 6.42. The van der Waals surface area contributed by atoms with Crippen LogP contribution in [0, 0.1) is 0 Å². The first-order chi connectivity index (χ1) is 12.2. The molecular formula is C19H25FmN2O4-. The molecule has 1 aromatic carbocycles. The van der Waals surface area contributed by atoms with Gasteiger partial charge in [0.15, 0.2) is 0 Å². The van der Waals surface area contributed by atoms with Gasteiger partial charge in [0.1, 0.15) is 6.29 Å². The summed E-state index contributed by atoms with van der Waals surface area (Å²) in [6.45, 7) is 1.52. The second-order valence-corrected chi connectivity index (χ2v) is 6.42. The quantitative estimate of drug-likeness (QED) is 0.303. The van der Waals surface area contributed by atoms with Crippen molar-refractivity contribution in [3.63, 3.8) is 0 Å². The van der Waals surface area contributed by atoms with E-state index in [1.54, 1.807) is 6.07 Å². The van der Waals surface area contributed by atoms with Gasteiger partial charge in [0.25, 0.3) is 0 Å². The van der Waals surface area contributed by atoms with Crippen molar-refractivity contribution < 1.29 is 19.5 Å². The van der Waals surface area contributed by atoms with E-state index in [1.165, 1.54) is 4.90 Å². The molecule has 26 heavy (non-hydrogen) atoms. The molecule has 2 fully saturated rings. The van der Waals surface area contributed by atoms with Crippen LogP contribution < -0.4 is 0 Å². The molecule has 1 aromatic rings. The fraction of sp³-hybridized carbons (Fsp3) is 0.526. The zero-order valence-electron chi connectivity index (χ0n) is 14.8. The van der Waals surface area contributed by atoms with Crippen LogP contribution in [0.1, 0.15) is 47.5 Å². The smallest absolute Gasteiger partial charge is 0.239 e. The van der Waals surface area contributed by atoms with Gasteiger partial charge in [-0.15, -0.1) is 0 Å². The first-order valence-electron chi connectivity index (χ1n) is 8.63. The average molecular weight is 602 g/mol. The molecule has 7 heteroatoms. The molecule has 6 nitrogen and oxygen atoms in total. The van der Waals surface area contributed by atoms with Crippen LogP contribution in [-0.4, -0.2) is 66.3 Å². The molecule has 0 spiro atoms. The van der Waals surface area contributed by atoms with Gasteiger partial charge in [0.2, 0.25) is 5.91 Å². The maximum Gasteiger partial charge on any atom is 0.239 e. The number of hydrogen-bond acceptors (Lipinski definition) is 4. The third kappa shape index (κ3) is 5.14. The number of nitrogens with zero attached hydrogens (tertiary/aromatic N) is 2. The summed E-state index contributed by atoms with van der Waals surface area (Å²) in [4.78, 5) is 37.7. The van der Waals surface area contributed by atoms with Crippen molar-refractivity contribution >= 4 is 18.6 Å². The number of aldehydes is 1. The Kier molecular flexibility index (Phi) is 7.96. The van der Waals surface area contributed by atoms with E-state index in [1.807, 2.05) is 29.5 Å². The molecule has 1 aliphatic heterocycles. The molecule has 2 aliphatic rings. The molecule has 0 aromatic heterocycles. The van der Waals surface area contributed by atoms with Crippen molar-refractivity contribution in [3.05, 3.63) is 35.4 Å². The van der Waals surface area contributed by atoms with Crippen LogP contribution in [0.25, 0.3) is 0 Å². The van der Waals surface area contributed by atoms with Gasteiger partial charge in [-0.05, 0) is 37.3 Å². The summed E-state index contributed by atoms with van der Waals surface area (Å²) in [5.74, 6) is 0.249. The monoisotopic (exact) mass is 602 g/mol. The average Bonchev–Trinajstić information content (AvgIpc) is 3.53. The molecule has 148 valence electrons. The molecule has 1 N–H and O–H groups in total. The van der Waals surface area contributed by atoms with E-state index < -0.39 is 0 Å². The third-order valence-electron chi connectivity index (χ3n) is 4.70. The number of rotatable bonds is 6. The second kappa shape index (κ2) is 9.93. The zero-order chi connectivity index (χ0) is 18.2. The van der Waals surface area contributed by atoms with E-state index in [-0.39, 0.29) is 24.4 Å². The number of aliphatic hydroxyl groups is 1. The molecule has 1 saturated carbocycles. The summed E-state index contributed by atoms with van der Waals surface area (Å²) in [6.07, 6.45) is 6.64. The largest absolute Gasteiger partial charge is 0.520 e. The minimum absolute atomic E-state index is 0. The van der Waals surface area contributed by atoms with Crippen LogP contribution in [0.3, 0.4) is 0 Å². The van der Waals surface area contributed by atoms with Crippen LogP contribution in [0.15, 0.2) is 24.3 Å². The fourth-order valence-electron chi connectivity index (χ4n) is 3.23. The Balaban J connectivity index is 0.00000109. The Morgan fingerprint density at radius 1 is 1.35 bits per heavy atom. The molecule has 1 heterocycles. The fourth-order valence-corrected chi connectivity index (χ4v) is 3.23. The van der Waals surface area contributed by atoms with E-state index in [4.69, 9.17) is 5.11 Å². The van der Waals surface area contributed by atoms with Crippen molar-refractivity contribution in [2.24, 2.45) is 0 Å². The molecule has 1 atom stereocenters. The van der Waals surface area contributed by atoms with Crippen LogP contribution in [0.5, 0.6) is 0 Å². The summed E-state index contributed by atoms with van der Waals surface area (Å²) in [5.41, 5.74) is 1.77. The van der Waals surface area contributed by atoms with Crippen molar-refractivity contribution in [1.29, 1.82) is 0 Å². The van der Waals surface area contributed by atoms with Crippen LogP contribution >= 0.6 is 0 Å². The van der Waals surface area contributed by atoms with Gasteiger partial charge in [-0.25, -0.2) is 0 Å². The SMILES string of the molecule is CO.O=[C-]N(CC(=O)N1CCCC(c2cccc(C=O)c2)C1)C1CC1.[Fm]. The number of piperidine rings is 1. The first kappa shape index (κ1) is 20.8.